The Balaban J connectivity index is 2.17. The van der Waals surface area contributed by atoms with Crippen LogP contribution in [0.1, 0.15) is 51.7 Å². The number of rotatable bonds is 10. The molecule has 2 rings (SSSR count). The molecule has 0 unspecified atom stereocenters. The lowest BCUT2D eigenvalue weighted by Gasteiger charge is -2.32. The molecule has 2 aromatic rings. The topological polar surface area (TPSA) is 86.8 Å². The maximum absolute atomic E-state index is 13.3. The molecule has 0 aliphatic heterocycles. The van der Waals surface area contributed by atoms with Gasteiger partial charge in [-0.05, 0) is 58.2 Å². The van der Waals surface area contributed by atoms with Gasteiger partial charge in [0.1, 0.15) is 6.04 Å². The predicted octanol–water partition coefficient (Wildman–Crippen LogP) is 3.87. The Kier molecular flexibility index (Phi) is 9.27. The minimum atomic E-state index is -3.51. The standard InChI is InChI=1S/C26H37N3O4S/c1-20-13-10-11-16-23(20)29(34(6,32)33)18-12-17-24(30)28(19-22-14-8-7-9-15-22)21(2)25(31)27-26(3,4)5/h7-11,13-16,21H,12,17-19H2,1-6H3,(H,27,31)/t21-/m0/s1. The van der Waals surface area contributed by atoms with Crippen LogP contribution in [0.4, 0.5) is 5.69 Å². The zero-order valence-corrected chi connectivity index (χ0v) is 21.9. The van der Waals surface area contributed by atoms with E-state index in [-0.39, 0.29) is 24.8 Å². The Bertz CT molecular complexity index is 1080. The predicted molar refractivity (Wildman–Crippen MR) is 137 cm³/mol. The summed E-state index contributed by atoms with van der Waals surface area (Å²) in [6.45, 7) is 9.74. The number of hydrogen-bond acceptors (Lipinski definition) is 4. The van der Waals surface area contributed by atoms with Crippen molar-refractivity contribution in [2.75, 3.05) is 17.1 Å². The Labute approximate surface area is 204 Å². The first-order valence-electron chi connectivity index (χ1n) is 11.5. The molecule has 0 saturated carbocycles. The Morgan fingerprint density at radius 1 is 1.00 bits per heavy atom. The van der Waals surface area contributed by atoms with Crippen molar-refractivity contribution in [1.82, 2.24) is 10.2 Å². The third kappa shape index (κ3) is 8.17. The highest BCUT2D eigenvalue weighted by molar-refractivity contribution is 7.92. The number of benzene rings is 2. The molecule has 7 nitrogen and oxygen atoms in total. The molecule has 2 aromatic carbocycles. The van der Waals surface area contributed by atoms with Crippen LogP contribution in [0.15, 0.2) is 54.6 Å². The average molecular weight is 488 g/mol. The van der Waals surface area contributed by atoms with Crippen LogP contribution in [0.5, 0.6) is 0 Å². The number of aryl methyl sites for hydroxylation is 1. The fourth-order valence-corrected chi connectivity index (χ4v) is 4.69. The molecule has 0 aliphatic rings. The molecule has 2 amide bonds. The van der Waals surface area contributed by atoms with Crippen molar-refractivity contribution < 1.29 is 18.0 Å². The van der Waals surface area contributed by atoms with E-state index < -0.39 is 21.6 Å². The van der Waals surface area contributed by atoms with E-state index in [0.717, 1.165) is 11.1 Å². The lowest BCUT2D eigenvalue weighted by atomic mass is 10.1. The van der Waals surface area contributed by atoms with E-state index in [1.54, 1.807) is 24.0 Å². The number of carbonyl (C=O) groups is 2. The summed E-state index contributed by atoms with van der Waals surface area (Å²) in [6.07, 6.45) is 1.62. The van der Waals surface area contributed by atoms with Crippen LogP contribution < -0.4 is 9.62 Å². The van der Waals surface area contributed by atoms with E-state index in [0.29, 0.717) is 18.7 Å². The van der Waals surface area contributed by atoms with Gasteiger partial charge in [0.15, 0.2) is 0 Å². The number of hydrogen-bond donors (Lipinski definition) is 1. The van der Waals surface area contributed by atoms with Gasteiger partial charge in [0.05, 0.1) is 11.9 Å². The quantitative estimate of drug-likeness (QED) is 0.551. The minimum absolute atomic E-state index is 0.123. The molecule has 0 aromatic heterocycles. The summed E-state index contributed by atoms with van der Waals surface area (Å²) in [5.41, 5.74) is 1.95. The minimum Gasteiger partial charge on any atom is -0.350 e. The lowest BCUT2D eigenvalue weighted by molar-refractivity contribution is -0.141. The van der Waals surface area contributed by atoms with Gasteiger partial charge < -0.3 is 10.2 Å². The summed E-state index contributed by atoms with van der Waals surface area (Å²) < 4.78 is 26.2. The molecular weight excluding hydrogens is 450 g/mol. The van der Waals surface area contributed by atoms with Crippen molar-refractivity contribution in [3.8, 4) is 0 Å². The Morgan fingerprint density at radius 3 is 2.15 bits per heavy atom. The van der Waals surface area contributed by atoms with Gasteiger partial charge in [-0.15, -0.1) is 0 Å². The molecule has 1 atom stereocenters. The first-order valence-corrected chi connectivity index (χ1v) is 13.3. The van der Waals surface area contributed by atoms with Crippen molar-refractivity contribution in [3.05, 3.63) is 65.7 Å². The third-order valence-corrected chi connectivity index (χ3v) is 6.58. The van der Waals surface area contributed by atoms with Crippen LogP contribution in [0.25, 0.3) is 0 Å². The molecule has 0 aliphatic carbocycles. The van der Waals surface area contributed by atoms with E-state index in [1.807, 2.05) is 70.2 Å². The molecule has 0 spiro atoms. The highest BCUT2D eigenvalue weighted by Gasteiger charge is 2.28. The normalized spacial score (nSPS) is 12.6. The van der Waals surface area contributed by atoms with E-state index in [9.17, 15) is 18.0 Å². The molecule has 0 bridgehead atoms. The smallest absolute Gasteiger partial charge is 0.242 e. The number of sulfonamides is 1. The molecule has 0 fully saturated rings. The van der Waals surface area contributed by atoms with Crippen LogP contribution in [-0.2, 0) is 26.2 Å². The van der Waals surface area contributed by atoms with Crippen LogP contribution in [0, 0.1) is 6.92 Å². The second kappa shape index (κ2) is 11.5. The maximum Gasteiger partial charge on any atom is 0.242 e. The van der Waals surface area contributed by atoms with Crippen molar-refractivity contribution >= 4 is 27.5 Å². The van der Waals surface area contributed by atoms with E-state index >= 15 is 0 Å². The Morgan fingerprint density at radius 2 is 1.59 bits per heavy atom. The highest BCUT2D eigenvalue weighted by Crippen LogP contribution is 2.23. The maximum atomic E-state index is 13.3. The van der Waals surface area contributed by atoms with E-state index in [4.69, 9.17) is 0 Å². The van der Waals surface area contributed by atoms with Gasteiger partial charge in [0, 0.05) is 25.0 Å². The van der Waals surface area contributed by atoms with Crippen molar-refractivity contribution in [2.45, 2.75) is 65.6 Å². The molecule has 0 heterocycles. The fraction of sp³-hybridized carbons (Fsp3) is 0.462. The van der Waals surface area contributed by atoms with Crippen molar-refractivity contribution in [2.24, 2.45) is 0 Å². The number of para-hydroxylation sites is 1. The van der Waals surface area contributed by atoms with Crippen molar-refractivity contribution in [3.63, 3.8) is 0 Å². The monoisotopic (exact) mass is 487 g/mol. The number of nitrogens with one attached hydrogen (secondary N) is 1. The van der Waals surface area contributed by atoms with Gasteiger partial charge in [-0.3, -0.25) is 13.9 Å². The fourth-order valence-electron chi connectivity index (χ4n) is 3.66. The summed E-state index contributed by atoms with van der Waals surface area (Å²) >= 11 is 0. The second-order valence-corrected chi connectivity index (χ2v) is 11.6. The van der Waals surface area contributed by atoms with E-state index in [2.05, 4.69) is 5.32 Å². The third-order valence-electron chi connectivity index (χ3n) is 5.40. The van der Waals surface area contributed by atoms with Crippen molar-refractivity contribution in [1.29, 1.82) is 0 Å². The molecule has 186 valence electrons. The number of nitrogens with zero attached hydrogens (tertiary/aromatic N) is 2. The van der Waals surface area contributed by atoms with Gasteiger partial charge in [-0.25, -0.2) is 8.42 Å². The summed E-state index contributed by atoms with van der Waals surface area (Å²) in [5, 5.41) is 2.94. The summed E-state index contributed by atoms with van der Waals surface area (Å²) in [4.78, 5) is 27.7. The summed E-state index contributed by atoms with van der Waals surface area (Å²) in [6, 6.07) is 16.1. The van der Waals surface area contributed by atoms with E-state index in [1.165, 1.54) is 10.6 Å². The average Bonchev–Trinajstić information content (AvgIpc) is 2.74. The van der Waals surface area contributed by atoms with Gasteiger partial charge >= 0.3 is 0 Å². The number of anilines is 1. The van der Waals surface area contributed by atoms with Gasteiger partial charge in [-0.2, -0.15) is 0 Å². The summed E-state index contributed by atoms with van der Waals surface area (Å²) in [7, 11) is -3.51. The van der Waals surface area contributed by atoms with Crippen LogP contribution in [0.3, 0.4) is 0 Å². The zero-order valence-electron chi connectivity index (χ0n) is 21.0. The molecule has 34 heavy (non-hydrogen) atoms. The Hall–Kier alpha value is -2.87. The number of amides is 2. The van der Waals surface area contributed by atoms with Crippen LogP contribution in [0.2, 0.25) is 0 Å². The highest BCUT2D eigenvalue weighted by atomic mass is 32.2. The van der Waals surface area contributed by atoms with Gasteiger partial charge in [0.25, 0.3) is 0 Å². The second-order valence-electron chi connectivity index (χ2n) is 9.65. The summed E-state index contributed by atoms with van der Waals surface area (Å²) in [5.74, 6) is -0.423. The lowest BCUT2D eigenvalue weighted by Crippen LogP contribution is -2.52. The molecule has 1 N–H and O–H groups in total. The SMILES string of the molecule is Cc1ccccc1N(CCCC(=O)N(Cc1ccccc1)[C@@H](C)C(=O)NC(C)(C)C)S(C)(=O)=O. The van der Waals surface area contributed by atoms with Gasteiger partial charge in [0.2, 0.25) is 21.8 Å². The molecular formula is C26H37N3O4S. The van der Waals surface area contributed by atoms with Crippen LogP contribution >= 0.6 is 0 Å². The number of carbonyl (C=O) groups excluding carboxylic acids is 2. The first-order chi connectivity index (χ1) is 15.8. The first kappa shape index (κ1) is 27.4. The zero-order chi connectivity index (χ0) is 25.5. The van der Waals surface area contributed by atoms with Crippen LogP contribution in [-0.4, -0.2) is 49.5 Å². The van der Waals surface area contributed by atoms with Gasteiger partial charge in [-0.1, -0.05) is 48.5 Å². The largest absolute Gasteiger partial charge is 0.350 e. The molecule has 0 radical (unpaired) electrons. The molecule has 0 saturated heterocycles. The molecule has 8 heteroatoms.